The van der Waals surface area contributed by atoms with Crippen molar-refractivity contribution in [1.82, 2.24) is 10.2 Å². The molecule has 2 aliphatic heterocycles. The molecule has 0 spiro atoms. The Labute approximate surface area is 264 Å². The largest absolute Gasteiger partial charge is 0.448 e. The number of ether oxygens (including phenoxy) is 2. The molecule has 0 saturated carbocycles. The molecule has 0 radical (unpaired) electrons. The van der Waals surface area contributed by atoms with E-state index in [-0.39, 0.29) is 23.9 Å². The molecule has 1 saturated heterocycles. The molecule has 1 fully saturated rings. The Hall–Kier alpha value is -4.18. The average molecular weight is 625 g/mol. The maximum absolute atomic E-state index is 14.2. The topological polar surface area (TPSA) is 84.9 Å². The lowest BCUT2D eigenvalue weighted by molar-refractivity contribution is -0.155. The van der Waals surface area contributed by atoms with Crippen LogP contribution in [0.5, 0.6) is 0 Å². The molecule has 2 aliphatic rings. The second-order valence-electron chi connectivity index (χ2n) is 10.6. The van der Waals surface area contributed by atoms with Gasteiger partial charge in [0.2, 0.25) is 5.91 Å². The zero-order chi connectivity index (χ0) is 30.5. The quantitative estimate of drug-likeness (QED) is 0.166. The Morgan fingerprint density at radius 1 is 0.909 bits per heavy atom. The summed E-state index contributed by atoms with van der Waals surface area (Å²) >= 11 is 3.01. The van der Waals surface area contributed by atoms with Crippen molar-refractivity contribution in [2.75, 3.05) is 5.75 Å². The summed E-state index contributed by atoms with van der Waals surface area (Å²) in [4.78, 5) is 43.0. The summed E-state index contributed by atoms with van der Waals surface area (Å²) in [6.07, 6.45) is -0.932. The molecule has 7 nitrogen and oxygen atoms in total. The van der Waals surface area contributed by atoms with Gasteiger partial charge in [-0.25, -0.2) is 4.79 Å². The molecule has 1 aromatic heterocycles. The summed E-state index contributed by atoms with van der Waals surface area (Å²) in [6, 6.07) is 32.0. The minimum atomic E-state index is -0.726. The van der Waals surface area contributed by atoms with E-state index >= 15 is 0 Å². The third-order valence-corrected chi connectivity index (χ3v) is 9.86. The number of thioether (sulfide) groups is 1. The van der Waals surface area contributed by atoms with E-state index in [0.29, 0.717) is 17.9 Å². The summed E-state index contributed by atoms with van der Waals surface area (Å²) < 4.78 is 12.5. The summed E-state index contributed by atoms with van der Waals surface area (Å²) in [6.45, 7) is 2.25. The van der Waals surface area contributed by atoms with E-state index in [4.69, 9.17) is 9.47 Å². The first-order valence-corrected chi connectivity index (χ1v) is 16.4. The van der Waals surface area contributed by atoms with Crippen LogP contribution in [0.25, 0.3) is 0 Å². The van der Waals surface area contributed by atoms with Crippen molar-refractivity contribution >= 4 is 40.9 Å². The number of thiophene rings is 1. The van der Waals surface area contributed by atoms with E-state index in [1.807, 2.05) is 115 Å². The van der Waals surface area contributed by atoms with Crippen molar-refractivity contribution in [3.63, 3.8) is 0 Å². The summed E-state index contributed by atoms with van der Waals surface area (Å²) in [5.74, 6) is -0.710. The summed E-state index contributed by atoms with van der Waals surface area (Å²) in [5, 5.41) is 4.39. The van der Waals surface area contributed by atoms with Gasteiger partial charge >= 0.3 is 5.97 Å². The van der Waals surface area contributed by atoms with E-state index in [1.54, 1.807) is 0 Å². The predicted molar refractivity (Wildman–Crippen MR) is 172 cm³/mol. The number of benzene rings is 3. The van der Waals surface area contributed by atoms with E-state index in [1.165, 1.54) is 28.0 Å². The van der Waals surface area contributed by atoms with Crippen molar-refractivity contribution in [3.05, 3.63) is 141 Å². The van der Waals surface area contributed by atoms with Gasteiger partial charge in [-0.15, -0.1) is 23.1 Å². The van der Waals surface area contributed by atoms with Gasteiger partial charge in [0.1, 0.15) is 17.1 Å². The van der Waals surface area contributed by atoms with Crippen LogP contribution in [0, 0.1) is 0 Å². The van der Waals surface area contributed by atoms with Crippen LogP contribution >= 0.6 is 23.1 Å². The average Bonchev–Trinajstić information content (AvgIpc) is 3.58. The highest BCUT2D eigenvalue weighted by Crippen LogP contribution is 2.43. The molecule has 1 N–H and O–H groups in total. The van der Waals surface area contributed by atoms with Crippen LogP contribution in [0.15, 0.2) is 120 Å². The Morgan fingerprint density at radius 2 is 1.55 bits per heavy atom. The number of fused-ring (bicyclic) bond motifs is 1. The number of carbonyl (C=O) groups is 3. The third kappa shape index (κ3) is 6.50. The third-order valence-electron chi connectivity index (χ3n) is 7.69. The second-order valence-corrected chi connectivity index (χ2v) is 12.8. The highest BCUT2D eigenvalue weighted by Gasteiger charge is 2.55. The summed E-state index contributed by atoms with van der Waals surface area (Å²) in [5.41, 5.74) is 3.52. The number of hydrogen-bond acceptors (Lipinski definition) is 7. The lowest BCUT2D eigenvalue weighted by atomic mass is 9.99. The Balaban J connectivity index is 1.28. The number of nitrogens with zero attached hydrogens (tertiary/aromatic N) is 1. The number of nitrogens with one attached hydrogen (secondary N) is 1. The molecule has 9 heteroatoms. The van der Waals surface area contributed by atoms with Gasteiger partial charge in [-0.2, -0.15) is 0 Å². The van der Waals surface area contributed by atoms with E-state index in [2.05, 4.69) is 5.32 Å². The Kier molecular flexibility index (Phi) is 9.26. The van der Waals surface area contributed by atoms with E-state index in [9.17, 15) is 14.4 Å². The fourth-order valence-corrected chi connectivity index (χ4v) is 7.54. The number of amides is 2. The van der Waals surface area contributed by atoms with Crippen LogP contribution < -0.4 is 5.32 Å². The first-order valence-electron chi connectivity index (χ1n) is 14.5. The fraction of sp³-hybridized carbons (Fsp3) is 0.229. The number of β-lactam (4-membered cyclic amide) rings is 1. The smallest absolute Gasteiger partial charge is 0.356 e. The van der Waals surface area contributed by atoms with Gasteiger partial charge in [-0.1, -0.05) is 97.1 Å². The molecule has 224 valence electrons. The van der Waals surface area contributed by atoms with Gasteiger partial charge in [0, 0.05) is 10.6 Å². The van der Waals surface area contributed by atoms with Crippen LogP contribution in [0.3, 0.4) is 0 Å². The Morgan fingerprint density at radius 3 is 2.16 bits per heavy atom. The van der Waals surface area contributed by atoms with E-state index in [0.717, 1.165) is 21.6 Å². The highest BCUT2D eigenvalue weighted by molar-refractivity contribution is 8.00. The number of esters is 1. The van der Waals surface area contributed by atoms with Crippen molar-refractivity contribution in [1.29, 1.82) is 0 Å². The normalized spacial score (nSPS) is 18.4. The van der Waals surface area contributed by atoms with Crippen LogP contribution in [0.2, 0.25) is 0 Å². The van der Waals surface area contributed by atoms with Crippen molar-refractivity contribution in [3.8, 4) is 0 Å². The molecule has 3 atom stereocenters. The number of carbonyl (C=O) groups excluding carboxylic acids is 3. The monoisotopic (exact) mass is 624 g/mol. The van der Waals surface area contributed by atoms with Crippen LogP contribution in [0.1, 0.15) is 34.6 Å². The minimum absolute atomic E-state index is 0.194. The molecular weight excluding hydrogens is 593 g/mol. The SMILES string of the molecule is CC(OCc1ccccc1)C1=C(C(=O)OC(c2ccccc2)c2ccccc2)N2C(=O)C(NC(=O)Cc3cccs3)[C@@H]2SC1. The first kappa shape index (κ1) is 29.9. The molecule has 3 heterocycles. The highest BCUT2D eigenvalue weighted by atomic mass is 32.2. The molecule has 6 rings (SSSR count). The maximum atomic E-state index is 14.2. The predicted octanol–water partition coefficient (Wildman–Crippen LogP) is 5.88. The van der Waals surface area contributed by atoms with E-state index < -0.39 is 29.6 Å². The number of hydrogen-bond donors (Lipinski definition) is 1. The maximum Gasteiger partial charge on any atom is 0.356 e. The minimum Gasteiger partial charge on any atom is -0.448 e. The van der Waals surface area contributed by atoms with Gasteiger partial charge in [0.05, 0.1) is 19.1 Å². The Bertz CT molecular complexity index is 1590. The fourth-order valence-electron chi connectivity index (χ4n) is 5.38. The molecule has 2 unspecified atom stereocenters. The number of rotatable bonds is 11. The molecular formula is C35H32N2O5S2. The van der Waals surface area contributed by atoms with Crippen molar-refractivity contribution in [2.45, 2.75) is 43.6 Å². The molecule has 44 heavy (non-hydrogen) atoms. The molecule has 0 aliphatic carbocycles. The van der Waals surface area contributed by atoms with Gasteiger partial charge in [-0.05, 0) is 40.6 Å². The van der Waals surface area contributed by atoms with Crippen LogP contribution in [-0.4, -0.2) is 46.0 Å². The van der Waals surface area contributed by atoms with Crippen LogP contribution in [-0.2, 0) is 36.9 Å². The van der Waals surface area contributed by atoms with Gasteiger partial charge in [0.15, 0.2) is 6.10 Å². The second kappa shape index (κ2) is 13.6. The molecule has 2 amide bonds. The van der Waals surface area contributed by atoms with Gasteiger partial charge < -0.3 is 14.8 Å². The van der Waals surface area contributed by atoms with Gasteiger partial charge in [0.25, 0.3) is 5.91 Å². The lowest BCUT2D eigenvalue weighted by Crippen LogP contribution is -2.71. The summed E-state index contributed by atoms with van der Waals surface area (Å²) in [7, 11) is 0. The van der Waals surface area contributed by atoms with Crippen LogP contribution in [0.4, 0.5) is 0 Å². The van der Waals surface area contributed by atoms with Gasteiger partial charge in [-0.3, -0.25) is 14.5 Å². The zero-order valence-corrected chi connectivity index (χ0v) is 25.8. The molecule has 3 aromatic carbocycles. The van der Waals surface area contributed by atoms with Crippen molar-refractivity contribution in [2.24, 2.45) is 0 Å². The van der Waals surface area contributed by atoms with Crippen molar-refractivity contribution < 1.29 is 23.9 Å². The molecule has 0 bridgehead atoms. The first-order chi connectivity index (χ1) is 21.5. The zero-order valence-electron chi connectivity index (χ0n) is 24.1. The molecule has 4 aromatic rings. The standard InChI is InChI=1S/C35H32N2O5S2/c1-23(41-21-24-12-5-2-6-13-24)28-22-44-34-30(36-29(38)20-27-18-11-19-43-27)33(39)37(34)31(28)35(40)42-32(25-14-7-3-8-15-25)26-16-9-4-10-17-26/h2-19,23,30,32,34H,20-22H2,1H3,(H,36,38)/t23?,30?,34-/m0/s1. The lowest BCUT2D eigenvalue weighted by Gasteiger charge is -2.50.